The highest BCUT2D eigenvalue weighted by atomic mass is 32.2. The van der Waals surface area contributed by atoms with Gasteiger partial charge in [-0.05, 0) is 45.2 Å². The first kappa shape index (κ1) is 18.7. The van der Waals surface area contributed by atoms with Crippen LogP contribution in [-0.2, 0) is 10.0 Å². The average molecular weight is 354 g/mol. The monoisotopic (exact) mass is 354 g/mol. The summed E-state index contributed by atoms with van der Waals surface area (Å²) in [7, 11) is -3.19. The summed E-state index contributed by atoms with van der Waals surface area (Å²) in [6.45, 7) is 4.74. The molecule has 7 nitrogen and oxygen atoms in total. The number of piperidine rings is 1. The number of carbonyl (C=O) groups is 1. The van der Waals surface area contributed by atoms with Gasteiger partial charge in [0, 0.05) is 24.8 Å². The van der Waals surface area contributed by atoms with Gasteiger partial charge in [-0.1, -0.05) is 6.42 Å². The largest absolute Gasteiger partial charge is 0.338 e. The van der Waals surface area contributed by atoms with Crippen molar-refractivity contribution in [3.8, 4) is 0 Å². The van der Waals surface area contributed by atoms with Gasteiger partial charge in [0.05, 0.1) is 17.6 Å². The Bertz CT molecular complexity index is 691. The summed E-state index contributed by atoms with van der Waals surface area (Å²) in [5.41, 5.74) is 2.34. The molecule has 2 heterocycles. The highest BCUT2D eigenvalue weighted by Crippen LogP contribution is 2.21. The molecule has 0 unspecified atom stereocenters. The van der Waals surface area contributed by atoms with Crippen LogP contribution >= 0.6 is 0 Å². The Labute approximate surface area is 143 Å². The van der Waals surface area contributed by atoms with Gasteiger partial charge in [-0.3, -0.25) is 4.98 Å². The molecule has 2 rings (SSSR count). The maximum Gasteiger partial charge on any atom is 0.319 e. The lowest BCUT2D eigenvalue weighted by Crippen LogP contribution is -2.44. The Morgan fingerprint density at radius 2 is 2.08 bits per heavy atom. The van der Waals surface area contributed by atoms with Crippen LogP contribution in [0.1, 0.15) is 37.1 Å². The third-order valence-electron chi connectivity index (χ3n) is 4.24. The Morgan fingerprint density at radius 1 is 1.33 bits per heavy atom. The summed E-state index contributed by atoms with van der Waals surface area (Å²) < 4.78 is 25.2. The second kappa shape index (κ2) is 7.94. The van der Waals surface area contributed by atoms with Crippen molar-refractivity contribution in [3.05, 3.63) is 23.5 Å². The van der Waals surface area contributed by atoms with E-state index in [2.05, 4.69) is 15.6 Å². The quantitative estimate of drug-likeness (QED) is 0.846. The predicted octanol–water partition coefficient (Wildman–Crippen LogP) is 2.02. The van der Waals surface area contributed by atoms with Crippen LogP contribution < -0.4 is 10.6 Å². The summed E-state index contributed by atoms with van der Waals surface area (Å²) in [6.07, 6.45) is 4.63. The second-order valence-corrected chi connectivity index (χ2v) is 8.21. The number of hydrogen-bond donors (Lipinski definition) is 2. The van der Waals surface area contributed by atoms with E-state index in [0.29, 0.717) is 25.2 Å². The number of aryl methyl sites for hydroxylation is 2. The van der Waals surface area contributed by atoms with Crippen LogP contribution in [0.25, 0.3) is 0 Å². The molecule has 0 bridgehead atoms. The number of anilines is 1. The zero-order valence-corrected chi connectivity index (χ0v) is 15.3. The van der Waals surface area contributed by atoms with Crippen LogP contribution in [0.2, 0.25) is 0 Å². The molecule has 2 N–H and O–H groups in total. The predicted molar refractivity (Wildman–Crippen MR) is 94.5 cm³/mol. The molecule has 1 fully saturated rings. The minimum Gasteiger partial charge on any atom is -0.338 e. The number of urea groups is 1. The van der Waals surface area contributed by atoms with Crippen molar-refractivity contribution in [1.82, 2.24) is 14.6 Å². The van der Waals surface area contributed by atoms with E-state index in [1.54, 1.807) is 4.31 Å². The van der Waals surface area contributed by atoms with E-state index in [1.807, 2.05) is 26.0 Å². The lowest BCUT2D eigenvalue weighted by atomic mass is 10.0. The number of amides is 2. The minimum atomic E-state index is -3.19. The molecule has 24 heavy (non-hydrogen) atoms. The maximum absolute atomic E-state index is 12.0. The number of aromatic nitrogens is 1. The molecule has 0 spiro atoms. The first-order valence-corrected chi connectivity index (χ1v) is 10.1. The zero-order chi connectivity index (χ0) is 17.7. The van der Waals surface area contributed by atoms with Crippen LogP contribution in [0.5, 0.6) is 0 Å². The molecular formula is C16H26N4O3S. The average Bonchev–Trinajstić information content (AvgIpc) is 2.49. The van der Waals surface area contributed by atoms with Gasteiger partial charge in [0.25, 0.3) is 0 Å². The highest BCUT2D eigenvalue weighted by Gasteiger charge is 2.28. The molecule has 0 radical (unpaired) electrons. The first-order chi connectivity index (χ1) is 11.3. The number of sulfonamides is 1. The lowest BCUT2D eigenvalue weighted by molar-refractivity contribution is 0.235. The molecule has 2 amide bonds. The van der Waals surface area contributed by atoms with E-state index in [9.17, 15) is 13.2 Å². The van der Waals surface area contributed by atoms with Crippen LogP contribution in [-0.4, -0.2) is 49.1 Å². The maximum atomic E-state index is 12.0. The fourth-order valence-electron chi connectivity index (χ4n) is 3.04. The van der Waals surface area contributed by atoms with Crippen LogP contribution in [0, 0.1) is 13.8 Å². The molecule has 1 aromatic rings. The number of rotatable bonds is 5. The van der Waals surface area contributed by atoms with Crippen LogP contribution in [0.4, 0.5) is 10.5 Å². The van der Waals surface area contributed by atoms with Gasteiger partial charge in [0.15, 0.2) is 0 Å². The second-order valence-electron chi connectivity index (χ2n) is 6.28. The Hall–Kier alpha value is -1.67. The van der Waals surface area contributed by atoms with Gasteiger partial charge in [0.2, 0.25) is 10.0 Å². The molecule has 0 aromatic carbocycles. The summed E-state index contributed by atoms with van der Waals surface area (Å²) in [6, 6.07) is 3.33. The SMILES string of the molecule is Cc1ccc(NC(=O)NCC[C@@H]2CCCCN2S(C)(=O)=O)c(C)n1. The van der Waals surface area contributed by atoms with Crippen molar-refractivity contribution < 1.29 is 13.2 Å². The first-order valence-electron chi connectivity index (χ1n) is 8.23. The van der Waals surface area contributed by atoms with Gasteiger partial charge in [-0.15, -0.1) is 0 Å². The molecule has 1 aliphatic rings. The van der Waals surface area contributed by atoms with Crippen molar-refractivity contribution in [3.63, 3.8) is 0 Å². The fraction of sp³-hybridized carbons (Fsp3) is 0.625. The van der Waals surface area contributed by atoms with Crippen LogP contribution in [0.3, 0.4) is 0 Å². The van der Waals surface area contributed by atoms with Gasteiger partial charge < -0.3 is 10.6 Å². The number of carbonyl (C=O) groups excluding carboxylic acids is 1. The van der Waals surface area contributed by atoms with E-state index >= 15 is 0 Å². The van der Waals surface area contributed by atoms with E-state index in [0.717, 1.165) is 30.7 Å². The van der Waals surface area contributed by atoms with E-state index in [1.165, 1.54) is 6.26 Å². The molecule has 134 valence electrons. The molecule has 1 atom stereocenters. The molecular weight excluding hydrogens is 328 g/mol. The standard InChI is InChI=1S/C16H26N4O3S/c1-12-7-8-15(13(2)18-12)19-16(21)17-10-9-14-6-4-5-11-20(14)24(3,22)23/h7-8,14H,4-6,9-11H2,1-3H3,(H2,17,19,21)/t14-/m0/s1. The third-order valence-corrected chi connectivity index (χ3v) is 5.57. The molecule has 1 saturated heterocycles. The smallest absolute Gasteiger partial charge is 0.319 e. The molecule has 0 saturated carbocycles. The van der Waals surface area contributed by atoms with E-state index in [4.69, 9.17) is 0 Å². The van der Waals surface area contributed by atoms with Crippen LogP contribution in [0.15, 0.2) is 12.1 Å². The van der Waals surface area contributed by atoms with Gasteiger partial charge >= 0.3 is 6.03 Å². The Balaban J connectivity index is 1.83. The van der Waals surface area contributed by atoms with E-state index in [-0.39, 0.29) is 12.1 Å². The van der Waals surface area contributed by atoms with Crippen molar-refractivity contribution in [2.45, 2.75) is 45.6 Å². The van der Waals surface area contributed by atoms with Crippen molar-refractivity contribution >= 4 is 21.7 Å². The molecule has 1 aromatic heterocycles. The van der Waals surface area contributed by atoms with Gasteiger partial charge in [-0.25, -0.2) is 13.2 Å². The van der Waals surface area contributed by atoms with Gasteiger partial charge in [-0.2, -0.15) is 4.31 Å². The fourth-order valence-corrected chi connectivity index (χ4v) is 4.25. The summed E-state index contributed by atoms with van der Waals surface area (Å²) in [5, 5.41) is 5.57. The molecule has 0 aliphatic carbocycles. The summed E-state index contributed by atoms with van der Waals surface area (Å²) in [4.78, 5) is 16.3. The Morgan fingerprint density at radius 3 is 2.75 bits per heavy atom. The van der Waals surface area contributed by atoms with Crippen molar-refractivity contribution in [2.24, 2.45) is 0 Å². The van der Waals surface area contributed by atoms with E-state index < -0.39 is 10.0 Å². The highest BCUT2D eigenvalue weighted by molar-refractivity contribution is 7.88. The topological polar surface area (TPSA) is 91.4 Å². The normalized spacial score (nSPS) is 19.0. The van der Waals surface area contributed by atoms with Gasteiger partial charge in [0.1, 0.15) is 0 Å². The van der Waals surface area contributed by atoms with Crippen molar-refractivity contribution in [1.29, 1.82) is 0 Å². The third kappa shape index (κ3) is 5.17. The summed E-state index contributed by atoms with van der Waals surface area (Å²) in [5.74, 6) is 0. The zero-order valence-electron chi connectivity index (χ0n) is 14.5. The number of nitrogens with one attached hydrogen (secondary N) is 2. The minimum absolute atomic E-state index is 0.0307. The Kier molecular flexibility index (Phi) is 6.17. The lowest BCUT2D eigenvalue weighted by Gasteiger charge is -2.33. The number of hydrogen-bond acceptors (Lipinski definition) is 4. The number of pyridine rings is 1. The van der Waals surface area contributed by atoms with Crippen molar-refractivity contribution in [2.75, 3.05) is 24.7 Å². The number of nitrogens with zero attached hydrogens (tertiary/aromatic N) is 2. The molecule has 1 aliphatic heterocycles. The summed E-state index contributed by atoms with van der Waals surface area (Å²) >= 11 is 0. The molecule has 8 heteroatoms.